The van der Waals surface area contributed by atoms with Crippen LogP contribution in [0.5, 0.6) is 0 Å². The maximum absolute atomic E-state index is 12.4. The summed E-state index contributed by atoms with van der Waals surface area (Å²) in [6.07, 6.45) is 2.99. The highest BCUT2D eigenvalue weighted by Crippen LogP contribution is 2.41. The summed E-state index contributed by atoms with van der Waals surface area (Å²) >= 11 is 0. The number of hydrogen-bond acceptors (Lipinski definition) is 1. The van der Waals surface area contributed by atoms with Crippen molar-refractivity contribution in [1.29, 1.82) is 0 Å². The predicted octanol–water partition coefficient (Wildman–Crippen LogP) is 4.59. The predicted molar refractivity (Wildman–Crippen MR) is 80.5 cm³/mol. The molecular weight excluding hydrogens is 232 g/mol. The molecule has 1 aromatic carbocycles. The van der Waals surface area contributed by atoms with Crippen LogP contribution in [0, 0.1) is 25.7 Å². The van der Waals surface area contributed by atoms with Crippen molar-refractivity contribution >= 4 is 5.78 Å². The van der Waals surface area contributed by atoms with Crippen LogP contribution >= 0.6 is 0 Å². The van der Waals surface area contributed by atoms with E-state index in [9.17, 15) is 4.79 Å². The van der Waals surface area contributed by atoms with E-state index in [0.717, 1.165) is 12.8 Å². The highest BCUT2D eigenvalue weighted by molar-refractivity contribution is 5.83. The van der Waals surface area contributed by atoms with Crippen LogP contribution in [-0.4, -0.2) is 5.78 Å². The summed E-state index contributed by atoms with van der Waals surface area (Å²) in [4.78, 5) is 12.4. The Kier molecular flexibility index (Phi) is 3.85. The average Bonchev–Trinajstić information content (AvgIpc) is 2.31. The zero-order valence-electron chi connectivity index (χ0n) is 12.9. The standard InChI is InChI=1S/C18H26O/c1-12-9-10-16(17(19)11-12)18(4,5)15-8-6-7-13(2)14(15)3/h6-8,12,16H,9-11H2,1-5H3. The van der Waals surface area contributed by atoms with Gasteiger partial charge >= 0.3 is 0 Å². The van der Waals surface area contributed by atoms with Gasteiger partial charge in [-0.3, -0.25) is 4.79 Å². The molecule has 2 rings (SSSR count). The molecule has 0 amide bonds. The quantitative estimate of drug-likeness (QED) is 0.758. The molecule has 1 aliphatic rings. The molecule has 1 nitrogen and oxygen atoms in total. The highest BCUT2D eigenvalue weighted by atomic mass is 16.1. The van der Waals surface area contributed by atoms with Crippen LogP contribution in [-0.2, 0) is 10.2 Å². The number of carbonyl (C=O) groups is 1. The molecule has 1 saturated carbocycles. The summed E-state index contributed by atoms with van der Waals surface area (Å²) < 4.78 is 0. The van der Waals surface area contributed by atoms with E-state index in [-0.39, 0.29) is 11.3 Å². The molecule has 1 aromatic rings. The molecule has 2 atom stereocenters. The average molecular weight is 258 g/mol. The highest BCUT2D eigenvalue weighted by Gasteiger charge is 2.39. The first-order chi connectivity index (χ1) is 8.84. The Labute approximate surface area is 117 Å². The molecule has 1 aliphatic carbocycles. The molecule has 0 heterocycles. The van der Waals surface area contributed by atoms with Gasteiger partial charge in [-0.1, -0.05) is 39.0 Å². The van der Waals surface area contributed by atoms with E-state index in [1.165, 1.54) is 23.1 Å². The fourth-order valence-corrected chi connectivity index (χ4v) is 3.60. The third-order valence-corrected chi connectivity index (χ3v) is 5.06. The van der Waals surface area contributed by atoms with Crippen molar-refractivity contribution < 1.29 is 4.79 Å². The van der Waals surface area contributed by atoms with Gasteiger partial charge in [-0.05, 0) is 54.7 Å². The molecule has 0 bridgehead atoms. The Hall–Kier alpha value is -1.11. The normalized spacial score (nSPS) is 24.6. The number of aryl methyl sites for hydroxylation is 1. The largest absolute Gasteiger partial charge is 0.299 e. The Morgan fingerprint density at radius 1 is 1.16 bits per heavy atom. The van der Waals surface area contributed by atoms with Crippen molar-refractivity contribution in [1.82, 2.24) is 0 Å². The van der Waals surface area contributed by atoms with Crippen molar-refractivity contribution in [2.75, 3.05) is 0 Å². The van der Waals surface area contributed by atoms with Gasteiger partial charge in [0.1, 0.15) is 5.78 Å². The minimum Gasteiger partial charge on any atom is -0.299 e. The third kappa shape index (κ3) is 2.61. The van der Waals surface area contributed by atoms with Crippen molar-refractivity contribution in [3.63, 3.8) is 0 Å². The number of hydrogen-bond donors (Lipinski definition) is 0. The van der Waals surface area contributed by atoms with Crippen LogP contribution < -0.4 is 0 Å². The summed E-state index contributed by atoms with van der Waals surface area (Å²) in [5.74, 6) is 1.21. The van der Waals surface area contributed by atoms with Gasteiger partial charge in [0.05, 0.1) is 0 Å². The second-order valence-corrected chi connectivity index (χ2v) is 6.87. The summed E-state index contributed by atoms with van der Waals surface area (Å²) in [5.41, 5.74) is 3.97. The Balaban J connectivity index is 2.36. The van der Waals surface area contributed by atoms with Gasteiger partial charge in [0.2, 0.25) is 0 Å². The van der Waals surface area contributed by atoms with Crippen LogP contribution in [0.2, 0.25) is 0 Å². The lowest BCUT2D eigenvalue weighted by molar-refractivity contribution is -0.128. The zero-order chi connectivity index (χ0) is 14.2. The monoisotopic (exact) mass is 258 g/mol. The van der Waals surface area contributed by atoms with E-state index in [4.69, 9.17) is 0 Å². The van der Waals surface area contributed by atoms with E-state index in [0.29, 0.717) is 11.7 Å². The number of Topliss-reactive ketones (excluding diaryl/α,β-unsaturated/α-hetero) is 1. The summed E-state index contributed by atoms with van der Waals surface area (Å²) in [6, 6.07) is 6.47. The number of ketones is 1. The lowest BCUT2D eigenvalue weighted by atomic mass is 9.64. The van der Waals surface area contributed by atoms with Gasteiger partial charge in [0.25, 0.3) is 0 Å². The summed E-state index contributed by atoms with van der Waals surface area (Å²) in [7, 11) is 0. The number of benzene rings is 1. The van der Waals surface area contributed by atoms with E-state index in [2.05, 4.69) is 52.8 Å². The maximum atomic E-state index is 12.4. The molecule has 1 fully saturated rings. The molecule has 0 N–H and O–H groups in total. The van der Waals surface area contributed by atoms with Gasteiger partial charge in [-0.25, -0.2) is 0 Å². The van der Waals surface area contributed by atoms with Crippen molar-refractivity contribution in [2.45, 2.75) is 59.3 Å². The first-order valence-electron chi connectivity index (χ1n) is 7.43. The molecule has 2 unspecified atom stereocenters. The van der Waals surface area contributed by atoms with Gasteiger partial charge < -0.3 is 0 Å². The third-order valence-electron chi connectivity index (χ3n) is 5.06. The van der Waals surface area contributed by atoms with E-state index >= 15 is 0 Å². The Bertz CT molecular complexity index is 484. The molecule has 0 radical (unpaired) electrons. The fourth-order valence-electron chi connectivity index (χ4n) is 3.60. The van der Waals surface area contributed by atoms with Crippen molar-refractivity contribution in [3.8, 4) is 0 Å². The number of carbonyl (C=O) groups excluding carboxylic acids is 1. The first-order valence-corrected chi connectivity index (χ1v) is 7.43. The minimum atomic E-state index is -0.0483. The van der Waals surface area contributed by atoms with Crippen LogP contribution in [0.4, 0.5) is 0 Å². The minimum absolute atomic E-state index is 0.0483. The lowest BCUT2D eigenvalue weighted by Crippen LogP contribution is -2.39. The second kappa shape index (κ2) is 5.11. The smallest absolute Gasteiger partial charge is 0.137 e. The molecule has 0 saturated heterocycles. The van der Waals surface area contributed by atoms with Crippen LogP contribution in [0.15, 0.2) is 18.2 Å². The molecule has 19 heavy (non-hydrogen) atoms. The van der Waals surface area contributed by atoms with Gasteiger partial charge in [0.15, 0.2) is 0 Å². The molecular formula is C18H26O. The van der Waals surface area contributed by atoms with Crippen molar-refractivity contribution in [3.05, 3.63) is 34.9 Å². The van der Waals surface area contributed by atoms with Crippen LogP contribution in [0.25, 0.3) is 0 Å². The zero-order valence-corrected chi connectivity index (χ0v) is 12.9. The molecule has 0 aromatic heterocycles. The van der Waals surface area contributed by atoms with E-state index in [1.807, 2.05) is 0 Å². The topological polar surface area (TPSA) is 17.1 Å². The van der Waals surface area contributed by atoms with Crippen molar-refractivity contribution in [2.24, 2.45) is 11.8 Å². The molecule has 0 spiro atoms. The van der Waals surface area contributed by atoms with E-state index < -0.39 is 0 Å². The summed E-state index contributed by atoms with van der Waals surface area (Å²) in [5, 5.41) is 0. The first kappa shape index (κ1) is 14.3. The molecule has 104 valence electrons. The lowest BCUT2D eigenvalue weighted by Gasteiger charge is -2.39. The van der Waals surface area contributed by atoms with E-state index in [1.54, 1.807) is 0 Å². The van der Waals surface area contributed by atoms with Gasteiger partial charge in [-0.2, -0.15) is 0 Å². The Morgan fingerprint density at radius 2 is 1.84 bits per heavy atom. The molecule has 0 aliphatic heterocycles. The molecule has 1 heteroatoms. The van der Waals surface area contributed by atoms with Crippen LogP contribution in [0.1, 0.15) is 56.7 Å². The fraction of sp³-hybridized carbons (Fsp3) is 0.611. The van der Waals surface area contributed by atoms with Gasteiger partial charge in [0, 0.05) is 12.3 Å². The number of rotatable bonds is 2. The SMILES string of the molecule is Cc1cccc(C(C)(C)C2CCC(C)CC2=O)c1C. The maximum Gasteiger partial charge on any atom is 0.137 e. The van der Waals surface area contributed by atoms with Gasteiger partial charge in [-0.15, -0.1) is 0 Å². The van der Waals surface area contributed by atoms with Crippen LogP contribution in [0.3, 0.4) is 0 Å². The second-order valence-electron chi connectivity index (χ2n) is 6.87. The summed E-state index contributed by atoms with van der Waals surface area (Å²) in [6.45, 7) is 11.0. The Morgan fingerprint density at radius 3 is 2.47 bits per heavy atom.